The number of hydrogen-bond acceptors (Lipinski definition) is 5. The number of nitrogens with zero attached hydrogens (tertiary/aromatic N) is 2. The van der Waals surface area contributed by atoms with Gasteiger partial charge in [-0.3, -0.25) is 0 Å². The molecule has 1 heterocycles. The van der Waals surface area contributed by atoms with Gasteiger partial charge in [-0.05, 0) is 0 Å². The molecular formula is C6H9BN2O2S. The lowest BCUT2D eigenvalue weighted by molar-refractivity contribution is -0.0915. The fraction of sp³-hybridized carbons (Fsp3) is 0.667. The molecule has 2 radical (unpaired) electrons. The maximum atomic E-state index is 8.93. The SMILES string of the molecule is [B]C(O)(O)c1nnc(C(C)C)s1. The smallest absolute Gasteiger partial charge is 0.166 e. The largest absolute Gasteiger partial charge is 0.368 e. The molecule has 1 aromatic rings. The Morgan fingerprint density at radius 1 is 1.42 bits per heavy atom. The lowest BCUT2D eigenvalue weighted by Gasteiger charge is -2.10. The average Bonchev–Trinajstić information content (AvgIpc) is 2.30. The van der Waals surface area contributed by atoms with Crippen LogP contribution in [0.25, 0.3) is 0 Å². The van der Waals surface area contributed by atoms with Gasteiger partial charge in [0.1, 0.15) is 5.01 Å². The zero-order chi connectivity index (χ0) is 9.35. The van der Waals surface area contributed by atoms with E-state index in [1.165, 1.54) is 0 Å². The molecule has 0 aliphatic heterocycles. The van der Waals surface area contributed by atoms with Crippen molar-refractivity contribution in [2.75, 3.05) is 0 Å². The summed E-state index contributed by atoms with van der Waals surface area (Å²) in [5.41, 5.74) is -2.36. The van der Waals surface area contributed by atoms with Crippen LogP contribution < -0.4 is 0 Å². The van der Waals surface area contributed by atoms with Crippen LogP contribution in [-0.2, 0) is 5.69 Å². The van der Waals surface area contributed by atoms with Crippen LogP contribution in [0.1, 0.15) is 29.8 Å². The van der Waals surface area contributed by atoms with E-state index in [0.29, 0.717) is 0 Å². The molecule has 4 nitrogen and oxygen atoms in total. The fourth-order valence-electron chi connectivity index (χ4n) is 0.617. The first kappa shape index (κ1) is 9.63. The molecule has 0 spiro atoms. The van der Waals surface area contributed by atoms with Crippen molar-refractivity contribution in [3.63, 3.8) is 0 Å². The van der Waals surface area contributed by atoms with Crippen molar-refractivity contribution in [1.82, 2.24) is 10.2 Å². The number of rotatable bonds is 2. The van der Waals surface area contributed by atoms with Gasteiger partial charge in [0.15, 0.2) is 18.5 Å². The van der Waals surface area contributed by atoms with Crippen LogP contribution in [0.4, 0.5) is 0 Å². The zero-order valence-corrected chi connectivity index (χ0v) is 7.67. The fourth-order valence-corrected chi connectivity index (χ4v) is 1.36. The Hall–Kier alpha value is -0.455. The maximum absolute atomic E-state index is 8.93. The van der Waals surface area contributed by atoms with Crippen LogP contribution in [0.15, 0.2) is 0 Å². The van der Waals surface area contributed by atoms with Crippen molar-refractivity contribution < 1.29 is 10.2 Å². The highest BCUT2D eigenvalue weighted by molar-refractivity contribution is 7.11. The molecule has 0 fully saturated rings. The predicted molar refractivity (Wildman–Crippen MR) is 45.9 cm³/mol. The topological polar surface area (TPSA) is 66.2 Å². The summed E-state index contributed by atoms with van der Waals surface area (Å²) in [6, 6.07) is 0. The molecule has 0 bridgehead atoms. The minimum absolute atomic E-state index is 0.0196. The summed E-state index contributed by atoms with van der Waals surface area (Å²) in [6.07, 6.45) is 0. The molecule has 0 amide bonds. The first-order valence-corrected chi connectivity index (χ1v) is 4.30. The van der Waals surface area contributed by atoms with E-state index >= 15 is 0 Å². The summed E-state index contributed by atoms with van der Waals surface area (Å²) in [5.74, 6) is 0.221. The second kappa shape index (κ2) is 3.12. The highest BCUT2D eigenvalue weighted by Crippen LogP contribution is 2.23. The first-order valence-electron chi connectivity index (χ1n) is 3.48. The molecule has 6 heteroatoms. The van der Waals surface area contributed by atoms with Crippen molar-refractivity contribution in [2.24, 2.45) is 0 Å². The summed E-state index contributed by atoms with van der Waals surface area (Å²) in [6.45, 7) is 3.88. The second-order valence-corrected chi connectivity index (χ2v) is 3.84. The van der Waals surface area contributed by atoms with Gasteiger partial charge >= 0.3 is 0 Å². The normalized spacial score (nSPS) is 12.4. The summed E-state index contributed by atoms with van der Waals surface area (Å²) in [7, 11) is 4.99. The van der Waals surface area contributed by atoms with Gasteiger partial charge < -0.3 is 10.2 Å². The van der Waals surface area contributed by atoms with Crippen molar-refractivity contribution in [1.29, 1.82) is 0 Å². The van der Waals surface area contributed by atoms with E-state index in [2.05, 4.69) is 10.2 Å². The predicted octanol–water partition coefficient (Wildman–Crippen LogP) is -0.0751. The summed E-state index contributed by atoms with van der Waals surface area (Å²) < 4.78 is 0. The van der Waals surface area contributed by atoms with Crippen LogP contribution in [0, 0.1) is 0 Å². The van der Waals surface area contributed by atoms with Gasteiger partial charge in [0, 0.05) is 5.92 Å². The van der Waals surface area contributed by atoms with E-state index in [1.807, 2.05) is 13.8 Å². The Bertz CT molecular complexity index is 269. The van der Waals surface area contributed by atoms with Crippen molar-refractivity contribution in [2.45, 2.75) is 25.5 Å². The number of hydrogen-bond donors (Lipinski definition) is 2. The molecule has 64 valence electrons. The highest BCUT2D eigenvalue weighted by Gasteiger charge is 2.23. The van der Waals surface area contributed by atoms with Gasteiger partial charge in [0.05, 0.1) is 0 Å². The monoisotopic (exact) mass is 184 g/mol. The molecule has 0 aliphatic carbocycles. The third-order valence-corrected chi connectivity index (χ3v) is 2.59. The van der Waals surface area contributed by atoms with Crippen LogP contribution >= 0.6 is 11.3 Å². The Morgan fingerprint density at radius 3 is 2.25 bits per heavy atom. The van der Waals surface area contributed by atoms with E-state index < -0.39 is 5.69 Å². The van der Waals surface area contributed by atoms with Gasteiger partial charge in [-0.15, -0.1) is 10.2 Å². The molecule has 1 rings (SSSR count). The summed E-state index contributed by atoms with van der Waals surface area (Å²) in [4.78, 5) is 0. The molecular weight excluding hydrogens is 175 g/mol. The van der Waals surface area contributed by atoms with Gasteiger partial charge in [-0.25, -0.2) is 0 Å². The van der Waals surface area contributed by atoms with Gasteiger partial charge in [0.2, 0.25) is 0 Å². The van der Waals surface area contributed by atoms with Crippen LogP contribution in [0.2, 0.25) is 0 Å². The third-order valence-electron chi connectivity index (χ3n) is 1.25. The molecule has 1 aromatic heterocycles. The Kier molecular flexibility index (Phi) is 2.50. The van der Waals surface area contributed by atoms with E-state index in [1.54, 1.807) is 0 Å². The molecule has 0 unspecified atom stereocenters. The average molecular weight is 184 g/mol. The van der Waals surface area contributed by atoms with Gasteiger partial charge in [0.25, 0.3) is 0 Å². The second-order valence-electron chi connectivity index (χ2n) is 2.83. The molecule has 0 aliphatic rings. The number of aromatic nitrogens is 2. The van der Waals surface area contributed by atoms with Gasteiger partial charge in [-0.1, -0.05) is 25.2 Å². The minimum atomic E-state index is -2.36. The van der Waals surface area contributed by atoms with E-state index in [0.717, 1.165) is 16.3 Å². The Labute approximate surface area is 75.7 Å². The summed E-state index contributed by atoms with van der Waals surface area (Å²) in [5, 5.41) is 25.9. The molecule has 0 aromatic carbocycles. The Balaban J connectivity index is 2.92. The molecule has 0 saturated carbocycles. The molecule has 2 N–H and O–H groups in total. The van der Waals surface area contributed by atoms with E-state index in [4.69, 9.17) is 18.1 Å². The van der Waals surface area contributed by atoms with E-state index in [9.17, 15) is 0 Å². The van der Waals surface area contributed by atoms with Crippen molar-refractivity contribution >= 4 is 19.2 Å². The summed E-state index contributed by atoms with van der Waals surface area (Å²) >= 11 is 1.10. The van der Waals surface area contributed by atoms with Crippen LogP contribution in [0.3, 0.4) is 0 Å². The standard InChI is InChI=1S/C6H9BN2O2S/c1-3(2)4-8-9-5(12-4)6(7,10)11/h3,10-11H,1-2H3. The molecule has 0 atom stereocenters. The van der Waals surface area contributed by atoms with E-state index in [-0.39, 0.29) is 10.9 Å². The van der Waals surface area contributed by atoms with Crippen molar-refractivity contribution in [3.05, 3.63) is 10.0 Å². The minimum Gasteiger partial charge on any atom is -0.368 e. The lowest BCUT2D eigenvalue weighted by atomic mass is 9.96. The molecule has 12 heavy (non-hydrogen) atoms. The number of aliphatic hydroxyl groups is 2. The van der Waals surface area contributed by atoms with Crippen LogP contribution in [0.5, 0.6) is 0 Å². The van der Waals surface area contributed by atoms with Gasteiger partial charge in [-0.2, -0.15) is 0 Å². The highest BCUT2D eigenvalue weighted by atomic mass is 32.1. The quantitative estimate of drug-likeness (QED) is 0.498. The zero-order valence-electron chi connectivity index (χ0n) is 6.85. The van der Waals surface area contributed by atoms with Crippen molar-refractivity contribution in [3.8, 4) is 0 Å². The first-order chi connectivity index (χ1) is 5.41. The Morgan fingerprint density at radius 2 is 2.00 bits per heavy atom. The lowest BCUT2D eigenvalue weighted by Crippen LogP contribution is -2.24. The third kappa shape index (κ3) is 2.03. The molecule has 0 saturated heterocycles. The van der Waals surface area contributed by atoms with Crippen LogP contribution in [-0.4, -0.2) is 28.3 Å². The maximum Gasteiger partial charge on any atom is 0.166 e.